The number of nitrogens with zero attached hydrogens (tertiary/aromatic N) is 6. The van der Waals surface area contributed by atoms with Gasteiger partial charge in [-0.05, 0) is 49.2 Å². The summed E-state index contributed by atoms with van der Waals surface area (Å²) < 4.78 is 1.17. The summed E-state index contributed by atoms with van der Waals surface area (Å²) >= 11 is 7.90. The number of benzene rings is 2. The fourth-order valence-electron chi connectivity index (χ4n) is 3.79. The van der Waals surface area contributed by atoms with E-state index in [1.807, 2.05) is 6.92 Å². The highest BCUT2D eigenvalue weighted by atomic mass is 35.5. The largest absolute Gasteiger partial charge is 0.271 e. The molecule has 0 N–H and O–H groups in total. The summed E-state index contributed by atoms with van der Waals surface area (Å²) in [6.07, 6.45) is 4.09. The van der Waals surface area contributed by atoms with Crippen molar-refractivity contribution in [3.63, 3.8) is 0 Å². The molecule has 152 valence electrons. The zero-order valence-electron chi connectivity index (χ0n) is 16.3. The van der Waals surface area contributed by atoms with Gasteiger partial charge < -0.3 is 0 Å². The number of aromatic nitrogens is 4. The Hall–Kier alpha value is -2.81. The summed E-state index contributed by atoms with van der Waals surface area (Å²) in [6, 6.07) is 11.5. The maximum absolute atomic E-state index is 13.5. The van der Waals surface area contributed by atoms with E-state index in [4.69, 9.17) is 11.6 Å². The van der Waals surface area contributed by atoms with Gasteiger partial charge in [0.05, 0.1) is 38.9 Å². The number of aryl methyl sites for hydroxylation is 1. The van der Waals surface area contributed by atoms with Crippen molar-refractivity contribution in [3.8, 4) is 5.69 Å². The first kappa shape index (κ1) is 19.2. The second-order valence-corrected chi connectivity index (χ2v) is 8.86. The average molecular weight is 439 g/mol. The van der Waals surface area contributed by atoms with Gasteiger partial charge in [0, 0.05) is 24.7 Å². The van der Waals surface area contributed by atoms with Crippen LogP contribution < -0.4 is 0 Å². The van der Waals surface area contributed by atoms with E-state index in [1.165, 1.54) is 9.50 Å². The van der Waals surface area contributed by atoms with Gasteiger partial charge in [0.2, 0.25) is 0 Å². The van der Waals surface area contributed by atoms with E-state index >= 15 is 0 Å². The Labute approximate surface area is 182 Å². The van der Waals surface area contributed by atoms with Crippen LogP contribution in [-0.2, 0) is 6.54 Å². The van der Waals surface area contributed by atoms with Gasteiger partial charge in [-0.15, -0.1) is 11.3 Å². The number of thiazole rings is 1. The van der Waals surface area contributed by atoms with Gasteiger partial charge in [0.25, 0.3) is 5.91 Å². The lowest BCUT2D eigenvalue weighted by atomic mass is 10.1. The number of hydrogen-bond donors (Lipinski definition) is 0. The molecule has 5 rings (SSSR count). The molecular formula is C21H19ClN6OS. The number of rotatable bonds is 4. The standard InChI is InChI=1S/C21H19ClN6OS/c1-14-25-18-5-3-15(11-20(18)30-14)13-26-9-2-10-27(26)21(29)17-12-16(22)4-6-19(17)28-23-7-8-24-28/h3-8,11-12H,2,9-10,13H2,1H3. The van der Waals surface area contributed by atoms with Crippen molar-refractivity contribution >= 4 is 39.1 Å². The first-order chi connectivity index (χ1) is 14.6. The zero-order chi connectivity index (χ0) is 20.7. The highest BCUT2D eigenvalue weighted by Gasteiger charge is 2.29. The Bertz CT molecular complexity index is 1220. The molecule has 7 nitrogen and oxygen atoms in total. The van der Waals surface area contributed by atoms with Gasteiger partial charge in [-0.25, -0.2) is 9.99 Å². The van der Waals surface area contributed by atoms with Crippen LogP contribution in [0.2, 0.25) is 5.02 Å². The molecule has 2 aromatic carbocycles. The van der Waals surface area contributed by atoms with Crippen LogP contribution in [0.25, 0.3) is 15.9 Å². The molecule has 0 saturated carbocycles. The van der Waals surface area contributed by atoms with E-state index in [1.54, 1.807) is 46.9 Å². The van der Waals surface area contributed by atoms with Crippen molar-refractivity contribution in [3.05, 3.63) is 69.9 Å². The van der Waals surface area contributed by atoms with E-state index < -0.39 is 0 Å². The number of halogens is 1. The molecule has 2 aromatic heterocycles. The summed E-state index contributed by atoms with van der Waals surface area (Å²) in [5.41, 5.74) is 3.28. The van der Waals surface area contributed by atoms with Crippen LogP contribution in [0.4, 0.5) is 0 Å². The van der Waals surface area contributed by atoms with Crippen molar-refractivity contribution < 1.29 is 4.79 Å². The smallest absolute Gasteiger partial charge is 0.270 e. The second kappa shape index (κ2) is 7.79. The van der Waals surface area contributed by atoms with Gasteiger partial charge in [-0.1, -0.05) is 17.7 Å². The molecule has 1 aliphatic rings. The molecule has 0 radical (unpaired) electrons. The molecule has 0 spiro atoms. The van der Waals surface area contributed by atoms with Gasteiger partial charge in [-0.3, -0.25) is 9.80 Å². The van der Waals surface area contributed by atoms with Crippen LogP contribution in [0.1, 0.15) is 27.3 Å². The van der Waals surface area contributed by atoms with E-state index in [0.717, 1.165) is 29.1 Å². The molecule has 1 saturated heterocycles. The first-order valence-electron chi connectivity index (χ1n) is 9.67. The maximum atomic E-state index is 13.5. The minimum Gasteiger partial charge on any atom is -0.271 e. The summed E-state index contributed by atoms with van der Waals surface area (Å²) in [4.78, 5) is 19.5. The monoisotopic (exact) mass is 438 g/mol. The van der Waals surface area contributed by atoms with Crippen LogP contribution >= 0.6 is 22.9 Å². The molecule has 30 heavy (non-hydrogen) atoms. The van der Waals surface area contributed by atoms with Gasteiger partial charge in [-0.2, -0.15) is 15.0 Å². The fourth-order valence-corrected chi connectivity index (χ4v) is 4.85. The quantitative estimate of drug-likeness (QED) is 0.480. The Morgan fingerprint density at radius 3 is 2.80 bits per heavy atom. The molecular weight excluding hydrogens is 420 g/mol. The molecule has 1 amide bonds. The lowest BCUT2D eigenvalue weighted by molar-refractivity contribution is 0.0170. The van der Waals surface area contributed by atoms with Crippen LogP contribution in [0.5, 0.6) is 0 Å². The third kappa shape index (κ3) is 3.58. The molecule has 0 atom stereocenters. The third-order valence-electron chi connectivity index (χ3n) is 5.11. The van der Waals surface area contributed by atoms with Gasteiger partial charge >= 0.3 is 0 Å². The van der Waals surface area contributed by atoms with Crippen molar-refractivity contribution in [2.75, 3.05) is 13.1 Å². The lowest BCUT2D eigenvalue weighted by Crippen LogP contribution is -2.41. The minimum absolute atomic E-state index is 0.1000. The Morgan fingerprint density at radius 2 is 1.97 bits per heavy atom. The normalized spacial score (nSPS) is 14.7. The molecule has 0 bridgehead atoms. The predicted octanol–water partition coefficient (Wildman–Crippen LogP) is 4.10. The summed E-state index contributed by atoms with van der Waals surface area (Å²) in [7, 11) is 0. The number of fused-ring (bicyclic) bond motifs is 1. The fraction of sp³-hybridized carbons (Fsp3) is 0.238. The highest BCUT2D eigenvalue weighted by molar-refractivity contribution is 7.18. The predicted molar refractivity (Wildman–Crippen MR) is 117 cm³/mol. The molecule has 0 unspecified atom stereocenters. The van der Waals surface area contributed by atoms with E-state index in [-0.39, 0.29) is 5.91 Å². The number of hydrazine groups is 1. The molecule has 0 aliphatic carbocycles. The zero-order valence-corrected chi connectivity index (χ0v) is 17.9. The highest BCUT2D eigenvalue weighted by Crippen LogP contribution is 2.26. The van der Waals surface area contributed by atoms with Gasteiger partial charge in [0.1, 0.15) is 0 Å². The van der Waals surface area contributed by atoms with Crippen molar-refractivity contribution in [1.82, 2.24) is 30.0 Å². The number of hydrogen-bond acceptors (Lipinski definition) is 6. The second-order valence-electron chi connectivity index (χ2n) is 7.18. The molecule has 1 aliphatic heterocycles. The molecule has 9 heteroatoms. The maximum Gasteiger partial charge on any atom is 0.270 e. The number of carbonyl (C=O) groups excluding carboxylic acids is 1. The van der Waals surface area contributed by atoms with Crippen LogP contribution in [0.15, 0.2) is 48.8 Å². The third-order valence-corrected chi connectivity index (χ3v) is 6.28. The van der Waals surface area contributed by atoms with Crippen LogP contribution in [0.3, 0.4) is 0 Å². The number of amides is 1. The SMILES string of the molecule is Cc1nc2ccc(CN3CCCN3C(=O)c3cc(Cl)ccc3-n3nccn3)cc2s1. The Kier molecular flexibility index (Phi) is 4.98. The van der Waals surface area contributed by atoms with Crippen molar-refractivity contribution in [1.29, 1.82) is 0 Å². The van der Waals surface area contributed by atoms with Crippen molar-refractivity contribution in [2.24, 2.45) is 0 Å². The minimum atomic E-state index is -0.1000. The van der Waals surface area contributed by atoms with E-state index in [2.05, 4.69) is 38.4 Å². The molecule has 4 aromatic rings. The van der Waals surface area contributed by atoms with Gasteiger partial charge in [0.15, 0.2) is 0 Å². The van der Waals surface area contributed by atoms with E-state index in [9.17, 15) is 4.79 Å². The van der Waals surface area contributed by atoms with Crippen molar-refractivity contribution in [2.45, 2.75) is 19.9 Å². The number of carbonyl (C=O) groups is 1. The lowest BCUT2D eigenvalue weighted by Gasteiger charge is -2.28. The molecule has 3 heterocycles. The Balaban J connectivity index is 1.43. The Morgan fingerprint density at radius 1 is 1.13 bits per heavy atom. The van der Waals surface area contributed by atoms with E-state index in [0.29, 0.717) is 29.4 Å². The van der Waals surface area contributed by atoms with Crippen LogP contribution in [-0.4, -0.2) is 49.0 Å². The average Bonchev–Trinajstić information content (AvgIpc) is 3.47. The molecule has 1 fully saturated rings. The summed E-state index contributed by atoms with van der Waals surface area (Å²) in [5, 5.41) is 13.8. The summed E-state index contributed by atoms with van der Waals surface area (Å²) in [6.45, 7) is 4.16. The first-order valence-corrected chi connectivity index (χ1v) is 10.9. The summed E-state index contributed by atoms with van der Waals surface area (Å²) in [5.74, 6) is -0.1000. The topological polar surface area (TPSA) is 67.2 Å². The van der Waals surface area contributed by atoms with Crippen LogP contribution in [0, 0.1) is 6.92 Å².